The van der Waals surface area contributed by atoms with Crippen LogP contribution in [0.5, 0.6) is 0 Å². The summed E-state index contributed by atoms with van der Waals surface area (Å²) in [6, 6.07) is 13.1. The lowest BCUT2D eigenvalue weighted by Gasteiger charge is -2.32. The highest BCUT2D eigenvalue weighted by atomic mass is 19.4. The van der Waals surface area contributed by atoms with Crippen molar-refractivity contribution >= 4 is 5.91 Å². The van der Waals surface area contributed by atoms with Gasteiger partial charge in [-0.2, -0.15) is 13.2 Å². The molecule has 0 aliphatic heterocycles. The van der Waals surface area contributed by atoms with Gasteiger partial charge in [-0.1, -0.05) is 42.5 Å². The minimum Gasteiger partial charge on any atom is -0.338 e. The fourth-order valence-electron chi connectivity index (χ4n) is 3.27. The number of carbonyl (C=O) groups excluding carboxylic acids is 1. The number of halogens is 3. The summed E-state index contributed by atoms with van der Waals surface area (Å²) >= 11 is 0. The summed E-state index contributed by atoms with van der Waals surface area (Å²) in [7, 11) is 4.00. The van der Waals surface area contributed by atoms with E-state index >= 15 is 0 Å². The van der Waals surface area contributed by atoms with Crippen LogP contribution in [0.15, 0.2) is 48.5 Å². The molecule has 0 atom stereocenters. The van der Waals surface area contributed by atoms with Gasteiger partial charge < -0.3 is 9.80 Å². The summed E-state index contributed by atoms with van der Waals surface area (Å²) in [5, 5.41) is 0. The minimum absolute atomic E-state index is 0.198. The second-order valence-corrected chi connectivity index (χ2v) is 8.08. The molecule has 0 unspecified atom stereocenters. The van der Waals surface area contributed by atoms with Crippen molar-refractivity contribution in [3.8, 4) is 0 Å². The molecule has 0 aliphatic carbocycles. The summed E-state index contributed by atoms with van der Waals surface area (Å²) in [5.41, 5.74) is 0.717. The third kappa shape index (κ3) is 5.82. The van der Waals surface area contributed by atoms with Crippen molar-refractivity contribution in [3.05, 3.63) is 70.8 Å². The zero-order valence-electron chi connectivity index (χ0n) is 17.7. The van der Waals surface area contributed by atoms with Crippen LogP contribution in [-0.4, -0.2) is 36.3 Å². The highest BCUT2D eigenvalue weighted by molar-refractivity contribution is 5.87. The Morgan fingerprint density at radius 2 is 1.41 bits per heavy atom. The van der Waals surface area contributed by atoms with E-state index in [2.05, 4.69) is 4.90 Å². The van der Waals surface area contributed by atoms with E-state index in [0.29, 0.717) is 18.7 Å². The second kappa shape index (κ2) is 8.99. The van der Waals surface area contributed by atoms with Gasteiger partial charge in [0.05, 0.1) is 11.0 Å². The van der Waals surface area contributed by atoms with Gasteiger partial charge in [-0.15, -0.1) is 0 Å². The zero-order valence-corrected chi connectivity index (χ0v) is 17.7. The van der Waals surface area contributed by atoms with E-state index in [9.17, 15) is 18.0 Å². The van der Waals surface area contributed by atoms with Crippen molar-refractivity contribution < 1.29 is 18.0 Å². The Morgan fingerprint density at radius 1 is 0.897 bits per heavy atom. The Kier molecular flexibility index (Phi) is 7.11. The van der Waals surface area contributed by atoms with Crippen molar-refractivity contribution in [1.29, 1.82) is 0 Å². The monoisotopic (exact) mass is 406 g/mol. The minimum atomic E-state index is -4.44. The Balaban J connectivity index is 2.21. The lowest BCUT2D eigenvalue weighted by Crippen LogP contribution is -2.43. The van der Waals surface area contributed by atoms with Crippen LogP contribution in [-0.2, 0) is 29.5 Å². The molecule has 0 heterocycles. The van der Waals surface area contributed by atoms with Crippen molar-refractivity contribution in [2.24, 2.45) is 0 Å². The molecule has 2 aromatic carbocycles. The Labute approximate surface area is 171 Å². The molecule has 0 radical (unpaired) electrons. The van der Waals surface area contributed by atoms with Crippen LogP contribution in [0, 0.1) is 0 Å². The summed E-state index contributed by atoms with van der Waals surface area (Å²) in [6.07, 6.45) is -4.44. The van der Waals surface area contributed by atoms with Crippen LogP contribution in [0.3, 0.4) is 0 Å². The first-order chi connectivity index (χ1) is 13.4. The molecule has 29 heavy (non-hydrogen) atoms. The van der Waals surface area contributed by atoms with Gasteiger partial charge in [0.2, 0.25) is 5.91 Å². The molecular formula is C23H29F3N2O. The maximum absolute atomic E-state index is 13.2. The molecule has 0 aromatic heterocycles. The average Bonchev–Trinajstić information content (AvgIpc) is 2.66. The maximum Gasteiger partial charge on any atom is 0.416 e. The third-order valence-corrected chi connectivity index (χ3v) is 5.01. The molecule has 0 fully saturated rings. The van der Waals surface area contributed by atoms with Gasteiger partial charge in [0.15, 0.2) is 0 Å². The number of alkyl halides is 3. The van der Waals surface area contributed by atoms with E-state index in [0.717, 1.165) is 24.2 Å². The average molecular weight is 406 g/mol. The fraction of sp³-hybridized carbons (Fsp3) is 0.435. The molecule has 6 heteroatoms. The SMILES string of the molecule is CCN(Cc1ccc(CN(C)C)cc1)C(=O)C(C)(C)c1cccc(C(F)(F)F)c1. The van der Waals surface area contributed by atoms with Crippen molar-refractivity contribution in [2.75, 3.05) is 20.6 Å². The number of nitrogens with zero attached hydrogens (tertiary/aromatic N) is 2. The third-order valence-electron chi connectivity index (χ3n) is 5.01. The highest BCUT2D eigenvalue weighted by Crippen LogP contribution is 2.33. The molecule has 2 rings (SSSR count). The molecule has 0 spiro atoms. The molecule has 3 nitrogen and oxygen atoms in total. The lowest BCUT2D eigenvalue weighted by molar-refractivity contribution is -0.139. The molecular weight excluding hydrogens is 377 g/mol. The van der Waals surface area contributed by atoms with Gasteiger partial charge in [-0.3, -0.25) is 4.79 Å². The van der Waals surface area contributed by atoms with Crippen LogP contribution >= 0.6 is 0 Å². The fourth-order valence-corrected chi connectivity index (χ4v) is 3.27. The first-order valence-corrected chi connectivity index (χ1v) is 9.64. The quantitative estimate of drug-likeness (QED) is 0.639. The van der Waals surface area contributed by atoms with Crippen molar-refractivity contribution in [2.45, 2.75) is 45.5 Å². The lowest BCUT2D eigenvalue weighted by atomic mass is 9.82. The normalized spacial score (nSPS) is 12.3. The van der Waals surface area contributed by atoms with Crippen LogP contribution in [0.25, 0.3) is 0 Å². The first-order valence-electron chi connectivity index (χ1n) is 9.64. The van der Waals surface area contributed by atoms with Gasteiger partial charge in [-0.25, -0.2) is 0 Å². The maximum atomic E-state index is 13.2. The Morgan fingerprint density at radius 3 is 1.90 bits per heavy atom. The van der Waals surface area contributed by atoms with E-state index in [4.69, 9.17) is 0 Å². The number of likely N-dealkylation sites (N-methyl/N-ethyl adjacent to an activating group) is 1. The summed E-state index contributed by atoms with van der Waals surface area (Å²) in [5.74, 6) is -0.198. The topological polar surface area (TPSA) is 23.6 Å². The van der Waals surface area contributed by atoms with Crippen LogP contribution in [0.4, 0.5) is 13.2 Å². The Hall–Kier alpha value is -2.34. The second-order valence-electron chi connectivity index (χ2n) is 8.08. The Bertz CT molecular complexity index is 827. The molecule has 0 saturated carbocycles. The van der Waals surface area contributed by atoms with E-state index < -0.39 is 17.2 Å². The smallest absolute Gasteiger partial charge is 0.338 e. The van der Waals surface area contributed by atoms with Gasteiger partial charge in [0.1, 0.15) is 0 Å². The van der Waals surface area contributed by atoms with E-state index in [1.54, 1.807) is 24.8 Å². The van der Waals surface area contributed by atoms with E-state index in [1.165, 1.54) is 11.6 Å². The standard InChI is InChI=1S/C23H29F3N2O/c1-6-28(16-18-12-10-17(11-13-18)15-27(4)5)21(29)22(2,3)19-8-7-9-20(14-19)23(24,25)26/h7-14H,6,15-16H2,1-5H3. The number of hydrogen-bond acceptors (Lipinski definition) is 2. The molecule has 1 amide bonds. The van der Waals surface area contributed by atoms with E-state index in [-0.39, 0.29) is 5.91 Å². The zero-order chi connectivity index (χ0) is 21.8. The number of rotatable bonds is 7. The van der Waals surface area contributed by atoms with E-state index in [1.807, 2.05) is 45.3 Å². The predicted molar refractivity (Wildman–Crippen MR) is 109 cm³/mol. The molecule has 0 N–H and O–H groups in total. The molecule has 0 saturated heterocycles. The molecule has 2 aromatic rings. The molecule has 0 aliphatic rings. The van der Waals surface area contributed by atoms with Crippen LogP contribution in [0.1, 0.15) is 43.0 Å². The number of amides is 1. The van der Waals surface area contributed by atoms with Gasteiger partial charge in [0, 0.05) is 19.6 Å². The van der Waals surface area contributed by atoms with Crippen molar-refractivity contribution in [1.82, 2.24) is 9.80 Å². The van der Waals surface area contributed by atoms with Gasteiger partial charge in [-0.05, 0) is 57.6 Å². The summed E-state index contributed by atoms with van der Waals surface area (Å²) in [6.45, 7) is 6.95. The first kappa shape index (κ1) is 22.9. The predicted octanol–water partition coefficient (Wildman–Crippen LogP) is 5.09. The van der Waals surface area contributed by atoms with Crippen LogP contribution < -0.4 is 0 Å². The number of hydrogen-bond donors (Lipinski definition) is 0. The molecule has 158 valence electrons. The van der Waals surface area contributed by atoms with Crippen LogP contribution in [0.2, 0.25) is 0 Å². The highest BCUT2D eigenvalue weighted by Gasteiger charge is 2.36. The van der Waals surface area contributed by atoms with Gasteiger partial charge in [0.25, 0.3) is 0 Å². The summed E-state index contributed by atoms with van der Waals surface area (Å²) < 4.78 is 39.2. The largest absolute Gasteiger partial charge is 0.416 e. The number of benzene rings is 2. The summed E-state index contributed by atoms with van der Waals surface area (Å²) in [4.78, 5) is 17.0. The number of carbonyl (C=O) groups is 1. The molecule has 0 bridgehead atoms. The van der Waals surface area contributed by atoms with Gasteiger partial charge >= 0.3 is 6.18 Å². The van der Waals surface area contributed by atoms with Crippen molar-refractivity contribution in [3.63, 3.8) is 0 Å².